The number of hydrogen-bond donors (Lipinski definition) is 1. The summed E-state index contributed by atoms with van der Waals surface area (Å²) in [6.45, 7) is 3.75. The van der Waals surface area contributed by atoms with E-state index in [4.69, 9.17) is 9.52 Å². The Hall–Kier alpha value is -2.46. The Bertz CT molecular complexity index is 816. The van der Waals surface area contributed by atoms with E-state index in [2.05, 4.69) is 31.0 Å². The Morgan fingerprint density at radius 3 is 2.55 bits per heavy atom. The molecule has 0 fully saturated rings. The van der Waals surface area contributed by atoms with Crippen LogP contribution in [0, 0.1) is 0 Å². The average Bonchev–Trinajstić information content (AvgIpc) is 2.97. The molecule has 0 aliphatic heterocycles. The number of rotatable bonds is 4. The molecule has 1 N–H and O–H groups in total. The van der Waals surface area contributed by atoms with Crippen LogP contribution in [-0.2, 0) is 0 Å². The maximum atomic E-state index is 11.5. The van der Waals surface area contributed by atoms with Crippen LogP contribution < -0.4 is 0 Å². The third-order valence-corrected chi connectivity index (χ3v) is 3.67. The summed E-state index contributed by atoms with van der Waals surface area (Å²) in [7, 11) is 0. The first-order valence-corrected chi connectivity index (χ1v) is 7.23. The zero-order valence-electron chi connectivity index (χ0n) is 12.5. The molecule has 0 atom stereocenters. The number of aromatic nitrogens is 1. The predicted molar refractivity (Wildman–Crippen MR) is 85.0 cm³/mol. The molecular formula is C18H17NO3. The van der Waals surface area contributed by atoms with Crippen molar-refractivity contribution in [3.8, 4) is 11.3 Å². The van der Waals surface area contributed by atoms with Gasteiger partial charge in [-0.05, 0) is 29.7 Å². The molecule has 3 rings (SSSR count). The minimum Gasteiger partial charge on any atom is -0.438 e. The van der Waals surface area contributed by atoms with Crippen LogP contribution in [0.2, 0.25) is 0 Å². The predicted octanol–water partition coefficient (Wildman–Crippen LogP) is 3.79. The van der Waals surface area contributed by atoms with Gasteiger partial charge in [0.25, 0.3) is 0 Å². The van der Waals surface area contributed by atoms with Gasteiger partial charge in [0.1, 0.15) is 18.1 Å². The summed E-state index contributed by atoms with van der Waals surface area (Å²) in [5.74, 6) is 0.783. The van der Waals surface area contributed by atoms with Gasteiger partial charge >= 0.3 is 0 Å². The maximum absolute atomic E-state index is 11.5. The van der Waals surface area contributed by atoms with E-state index in [1.807, 2.05) is 18.2 Å². The maximum Gasteiger partial charge on any atom is 0.227 e. The normalized spacial score (nSPS) is 11.3. The van der Waals surface area contributed by atoms with Gasteiger partial charge in [-0.2, -0.15) is 0 Å². The summed E-state index contributed by atoms with van der Waals surface area (Å²) < 4.78 is 5.74. The van der Waals surface area contributed by atoms with Gasteiger partial charge in [0.05, 0.1) is 0 Å². The van der Waals surface area contributed by atoms with Gasteiger partial charge in [0.15, 0.2) is 0 Å². The first-order chi connectivity index (χ1) is 10.6. The van der Waals surface area contributed by atoms with Crippen molar-refractivity contribution in [3.05, 3.63) is 53.7 Å². The highest BCUT2D eigenvalue weighted by Crippen LogP contribution is 2.28. The van der Waals surface area contributed by atoms with Gasteiger partial charge < -0.3 is 9.52 Å². The quantitative estimate of drug-likeness (QED) is 0.744. The molecule has 0 aliphatic carbocycles. The van der Waals surface area contributed by atoms with Crippen LogP contribution in [0.4, 0.5) is 0 Å². The summed E-state index contributed by atoms with van der Waals surface area (Å²) in [4.78, 5) is 15.6. The summed E-state index contributed by atoms with van der Waals surface area (Å²) in [5, 5.41) is 9.73. The minimum atomic E-state index is -0.553. The standard InChI is InChI=1S/C18H17NO3/c1-11(2)12-3-5-13(6-4-12)17-9-14-7-8-15(16(21)10-20)19-18(14)22-17/h3-9,11,20H,10H2,1-2H3. The number of aliphatic hydroxyl groups is 1. The van der Waals surface area contributed by atoms with E-state index in [0.29, 0.717) is 17.4 Å². The lowest BCUT2D eigenvalue weighted by molar-refractivity contribution is 0.0899. The molecule has 4 nitrogen and oxygen atoms in total. The molecule has 3 aromatic rings. The van der Waals surface area contributed by atoms with Gasteiger partial charge in [-0.1, -0.05) is 38.1 Å². The average molecular weight is 295 g/mol. The number of benzene rings is 1. The van der Waals surface area contributed by atoms with Crippen molar-refractivity contribution in [2.75, 3.05) is 6.61 Å². The lowest BCUT2D eigenvalue weighted by Gasteiger charge is -2.05. The molecule has 22 heavy (non-hydrogen) atoms. The fraction of sp³-hybridized carbons (Fsp3) is 0.222. The molecule has 0 spiro atoms. The van der Waals surface area contributed by atoms with Gasteiger partial charge in [-0.25, -0.2) is 4.98 Å². The molecule has 0 radical (unpaired) electrons. The Kier molecular flexibility index (Phi) is 3.77. The number of carbonyl (C=O) groups is 1. The van der Waals surface area contributed by atoms with Gasteiger partial charge in [-0.15, -0.1) is 0 Å². The summed E-state index contributed by atoms with van der Waals surface area (Å²) >= 11 is 0. The largest absolute Gasteiger partial charge is 0.438 e. The zero-order chi connectivity index (χ0) is 15.7. The Morgan fingerprint density at radius 1 is 1.18 bits per heavy atom. The van der Waals surface area contributed by atoms with E-state index in [1.54, 1.807) is 12.1 Å². The molecule has 0 amide bonds. The van der Waals surface area contributed by atoms with Crippen molar-refractivity contribution in [2.45, 2.75) is 19.8 Å². The molecule has 0 saturated carbocycles. The van der Waals surface area contributed by atoms with Crippen LogP contribution in [0.3, 0.4) is 0 Å². The van der Waals surface area contributed by atoms with Crippen molar-refractivity contribution in [1.82, 2.24) is 4.98 Å². The van der Waals surface area contributed by atoms with E-state index >= 15 is 0 Å². The monoisotopic (exact) mass is 295 g/mol. The molecule has 0 saturated heterocycles. The number of ketones is 1. The second-order valence-electron chi connectivity index (χ2n) is 5.56. The summed E-state index contributed by atoms with van der Waals surface area (Å²) in [6.07, 6.45) is 0. The van der Waals surface area contributed by atoms with Gasteiger partial charge in [-0.3, -0.25) is 4.79 Å². The third-order valence-electron chi connectivity index (χ3n) is 3.67. The smallest absolute Gasteiger partial charge is 0.227 e. The van der Waals surface area contributed by atoms with Crippen LogP contribution >= 0.6 is 0 Å². The number of hydrogen-bond acceptors (Lipinski definition) is 4. The lowest BCUT2D eigenvalue weighted by atomic mass is 10.0. The fourth-order valence-corrected chi connectivity index (χ4v) is 2.33. The number of aliphatic hydroxyl groups excluding tert-OH is 1. The molecule has 4 heteroatoms. The molecule has 0 unspecified atom stereocenters. The van der Waals surface area contributed by atoms with E-state index in [-0.39, 0.29) is 5.69 Å². The molecule has 1 aromatic carbocycles. The Labute approximate surface area is 128 Å². The van der Waals surface area contributed by atoms with Crippen LogP contribution in [0.15, 0.2) is 46.9 Å². The molecular weight excluding hydrogens is 278 g/mol. The Morgan fingerprint density at radius 2 is 1.91 bits per heavy atom. The molecule has 112 valence electrons. The van der Waals surface area contributed by atoms with Crippen molar-refractivity contribution in [1.29, 1.82) is 0 Å². The molecule has 0 bridgehead atoms. The third kappa shape index (κ3) is 2.65. The van der Waals surface area contributed by atoms with E-state index in [1.165, 1.54) is 5.56 Å². The number of Topliss-reactive ketones (excluding diaryl/α,β-unsaturated/α-hetero) is 1. The second kappa shape index (κ2) is 5.73. The SMILES string of the molecule is CC(C)c1ccc(-c2cc3ccc(C(=O)CO)nc3o2)cc1. The van der Waals surface area contributed by atoms with E-state index in [9.17, 15) is 4.79 Å². The van der Waals surface area contributed by atoms with E-state index in [0.717, 1.165) is 10.9 Å². The van der Waals surface area contributed by atoms with E-state index < -0.39 is 12.4 Å². The first-order valence-electron chi connectivity index (χ1n) is 7.23. The van der Waals surface area contributed by atoms with Crippen molar-refractivity contribution in [2.24, 2.45) is 0 Å². The first kappa shape index (κ1) is 14.5. The highest BCUT2D eigenvalue weighted by Gasteiger charge is 2.11. The van der Waals surface area contributed by atoms with Crippen LogP contribution in [0.1, 0.15) is 35.8 Å². The van der Waals surface area contributed by atoms with Crippen LogP contribution in [0.5, 0.6) is 0 Å². The summed E-state index contributed by atoms with van der Waals surface area (Å²) in [6, 6.07) is 13.5. The van der Waals surface area contributed by atoms with Crippen LogP contribution in [0.25, 0.3) is 22.4 Å². The Balaban J connectivity index is 1.99. The minimum absolute atomic E-state index is 0.214. The fourth-order valence-electron chi connectivity index (χ4n) is 2.33. The second-order valence-corrected chi connectivity index (χ2v) is 5.56. The molecule has 2 heterocycles. The number of carbonyl (C=O) groups excluding carboxylic acids is 1. The van der Waals surface area contributed by atoms with Gasteiger partial charge in [0.2, 0.25) is 11.5 Å². The topological polar surface area (TPSA) is 63.3 Å². The summed E-state index contributed by atoms with van der Waals surface area (Å²) in [5.41, 5.74) is 2.86. The highest BCUT2D eigenvalue weighted by atomic mass is 16.3. The number of nitrogens with zero attached hydrogens (tertiary/aromatic N) is 1. The van der Waals surface area contributed by atoms with Crippen molar-refractivity contribution < 1.29 is 14.3 Å². The number of pyridine rings is 1. The molecule has 2 aromatic heterocycles. The number of furan rings is 1. The van der Waals surface area contributed by atoms with Crippen molar-refractivity contribution in [3.63, 3.8) is 0 Å². The molecule has 0 aliphatic rings. The van der Waals surface area contributed by atoms with Crippen molar-refractivity contribution >= 4 is 16.9 Å². The van der Waals surface area contributed by atoms with Crippen LogP contribution in [-0.4, -0.2) is 22.5 Å². The lowest BCUT2D eigenvalue weighted by Crippen LogP contribution is -2.06. The highest BCUT2D eigenvalue weighted by molar-refractivity contribution is 5.97. The number of fused-ring (bicyclic) bond motifs is 1. The zero-order valence-corrected chi connectivity index (χ0v) is 12.5. The van der Waals surface area contributed by atoms with Gasteiger partial charge in [0, 0.05) is 10.9 Å².